The normalized spacial score (nSPS) is 10.8. The van der Waals surface area contributed by atoms with Crippen molar-refractivity contribution in [2.75, 3.05) is 6.26 Å². The summed E-state index contributed by atoms with van der Waals surface area (Å²) in [5, 5.41) is 9.79. The van der Waals surface area contributed by atoms with Crippen molar-refractivity contribution in [2.45, 2.75) is 18.8 Å². The minimum atomic E-state index is 0.665. The predicted octanol–water partition coefficient (Wildman–Crippen LogP) is 1.55. The SMILES string of the molecule is CSCc1ccc(CNCc2ncn[nH]2)o1. The Morgan fingerprint density at radius 3 is 3.00 bits per heavy atom. The molecule has 5 nitrogen and oxygen atoms in total. The summed E-state index contributed by atoms with van der Waals surface area (Å²) in [4.78, 5) is 4.02. The summed E-state index contributed by atoms with van der Waals surface area (Å²) >= 11 is 1.75. The first-order chi connectivity index (χ1) is 7.88. The van der Waals surface area contributed by atoms with Gasteiger partial charge >= 0.3 is 0 Å². The van der Waals surface area contributed by atoms with Gasteiger partial charge in [-0.2, -0.15) is 16.9 Å². The highest BCUT2D eigenvalue weighted by molar-refractivity contribution is 7.97. The third kappa shape index (κ3) is 3.11. The van der Waals surface area contributed by atoms with Crippen molar-refractivity contribution in [1.82, 2.24) is 20.5 Å². The van der Waals surface area contributed by atoms with Gasteiger partial charge in [-0.05, 0) is 18.4 Å². The summed E-state index contributed by atoms with van der Waals surface area (Å²) in [5.41, 5.74) is 0. The molecular formula is C10H14N4OS. The second kappa shape index (κ2) is 5.72. The molecule has 0 aromatic carbocycles. The van der Waals surface area contributed by atoms with Crippen molar-refractivity contribution >= 4 is 11.8 Å². The summed E-state index contributed by atoms with van der Waals surface area (Å²) < 4.78 is 5.61. The fourth-order valence-electron chi connectivity index (χ4n) is 1.36. The van der Waals surface area contributed by atoms with Crippen LogP contribution < -0.4 is 5.32 Å². The van der Waals surface area contributed by atoms with Gasteiger partial charge in [0.15, 0.2) is 0 Å². The lowest BCUT2D eigenvalue weighted by molar-refractivity contribution is 0.457. The van der Waals surface area contributed by atoms with Gasteiger partial charge in [-0.25, -0.2) is 4.98 Å². The van der Waals surface area contributed by atoms with Crippen LogP contribution in [0.15, 0.2) is 22.9 Å². The maximum absolute atomic E-state index is 5.61. The summed E-state index contributed by atoms with van der Waals surface area (Å²) in [6, 6.07) is 4.01. The fraction of sp³-hybridized carbons (Fsp3) is 0.400. The molecule has 16 heavy (non-hydrogen) atoms. The maximum atomic E-state index is 5.61. The van der Waals surface area contributed by atoms with Gasteiger partial charge < -0.3 is 9.73 Å². The van der Waals surface area contributed by atoms with E-state index in [9.17, 15) is 0 Å². The Hall–Kier alpha value is -1.27. The molecule has 0 unspecified atom stereocenters. The zero-order chi connectivity index (χ0) is 11.2. The quantitative estimate of drug-likeness (QED) is 0.799. The molecule has 0 aliphatic rings. The molecule has 86 valence electrons. The Balaban J connectivity index is 1.76. The minimum Gasteiger partial charge on any atom is -0.464 e. The van der Waals surface area contributed by atoms with E-state index in [1.165, 1.54) is 6.33 Å². The Morgan fingerprint density at radius 2 is 2.25 bits per heavy atom. The fourth-order valence-corrected chi connectivity index (χ4v) is 1.80. The van der Waals surface area contributed by atoms with Crippen molar-refractivity contribution < 1.29 is 4.42 Å². The maximum Gasteiger partial charge on any atom is 0.138 e. The molecule has 0 saturated carbocycles. The van der Waals surface area contributed by atoms with Crippen LogP contribution in [0.1, 0.15) is 17.3 Å². The molecule has 0 aliphatic carbocycles. The van der Waals surface area contributed by atoms with Crippen LogP contribution in [0.3, 0.4) is 0 Å². The molecule has 0 atom stereocenters. The first-order valence-corrected chi connectivity index (χ1v) is 6.39. The molecule has 0 radical (unpaired) electrons. The summed E-state index contributed by atoms with van der Waals surface area (Å²) in [6.07, 6.45) is 3.56. The lowest BCUT2D eigenvalue weighted by Crippen LogP contribution is -2.13. The van der Waals surface area contributed by atoms with Crippen LogP contribution in [0.4, 0.5) is 0 Å². The topological polar surface area (TPSA) is 66.7 Å². The van der Waals surface area contributed by atoms with E-state index in [1.54, 1.807) is 11.8 Å². The molecule has 2 N–H and O–H groups in total. The van der Waals surface area contributed by atoms with Gasteiger partial charge in [-0.1, -0.05) is 0 Å². The number of hydrogen-bond donors (Lipinski definition) is 2. The number of aromatic amines is 1. The van der Waals surface area contributed by atoms with Gasteiger partial charge in [0.2, 0.25) is 0 Å². The predicted molar refractivity (Wildman–Crippen MR) is 62.9 cm³/mol. The average Bonchev–Trinajstić information content (AvgIpc) is 2.90. The molecule has 2 aromatic heterocycles. The number of thioether (sulfide) groups is 1. The third-order valence-corrected chi connectivity index (χ3v) is 2.63. The number of rotatable bonds is 6. The van der Waals surface area contributed by atoms with E-state index in [0.29, 0.717) is 13.1 Å². The van der Waals surface area contributed by atoms with Gasteiger partial charge in [0, 0.05) is 0 Å². The Morgan fingerprint density at radius 1 is 1.38 bits per heavy atom. The molecule has 0 amide bonds. The highest BCUT2D eigenvalue weighted by atomic mass is 32.2. The second-order valence-corrected chi connectivity index (χ2v) is 4.20. The Kier molecular flexibility index (Phi) is 4.01. The third-order valence-electron chi connectivity index (χ3n) is 2.06. The number of aromatic nitrogens is 3. The summed E-state index contributed by atoms with van der Waals surface area (Å²) in [7, 11) is 0. The van der Waals surface area contributed by atoms with Gasteiger partial charge in [0.05, 0.1) is 18.8 Å². The van der Waals surface area contributed by atoms with Crippen molar-refractivity contribution in [3.8, 4) is 0 Å². The van der Waals surface area contributed by atoms with Crippen LogP contribution in [0.5, 0.6) is 0 Å². The van der Waals surface area contributed by atoms with Gasteiger partial charge in [-0.3, -0.25) is 5.10 Å². The van der Waals surface area contributed by atoms with Crippen molar-refractivity contribution in [1.29, 1.82) is 0 Å². The average molecular weight is 238 g/mol. The molecule has 0 bridgehead atoms. The molecule has 2 aromatic rings. The van der Waals surface area contributed by atoms with E-state index in [-0.39, 0.29) is 0 Å². The number of furan rings is 1. The minimum absolute atomic E-state index is 0.665. The zero-order valence-electron chi connectivity index (χ0n) is 9.06. The first kappa shape index (κ1) is 11.2. The van der Waals surface area contributed by atoms with Crippen LogP contribution in [-0.4, -0.2) is 21.4 Å². The number of nitrogens with one attached hydrogen (secondary N) is 2. The van der Waals surface area contributed by atoms with Crippen molar-refractivity contribution in [2.24, 2.45) is 0 Å². The monoisotopic (exact) mass is 238 g/mol. The largest absolute Gasteiger partial charge is 0.464 e. The molecular weight excluding hydrogens is 224 g/mol. The molecule has 0 spiro atoms. The van der Waals surface area contributed by atoms with Crippen molar-refractivity contribution in [3.05, 3.63) is 35.8 Å². The lowest BCUT2D eigenvalue weighted by atomic mass is 10.4. The number of H-pyrrole nitrogens is 1. The molecule has 0 saturated heterocycles. The Bertz CT molecular complexity index is 412. The van der Waals surface area contributed by atoms with Gasteiger partial charge in [0.25, 0.3) is 0 Å². The van der Waals surface area contributed by atoms with E-state index >= 15 is 0 Å². The molecule has 0 aliphatic heterocycles. The number of nitrogens with zero attached hydrogens (tertiary/aromatic N) is 2. The first-order valence-electron chi connectivity index (χ1n) is 5.00. The second-order valence-electron chi connectivity index (χ2n) is 3.34. The molecule has 2 rings (SSSR count). The number of hydrogen-bond acceptors (Lipinski definition) is 5. The molecule has 6 heteroatoms. The van der Waals surface area contributed by atoms with E-state index in [2.05, 4.69) is 26.8 Å². The van der Waals surface area contributed by atoms with E-state index < -0.39 is 0 Å². The van der Waals surface area contributed by atoms with Crippen LogP contribution in [0, 0.1) is 0 Å². The Labute approximate surface area is 98.0 Å². The van der Waals surface area contributed by atoms with Crippen LogP contribution >= 0.6 is 11.8 Å². The molecule has 2 heterocycles. The van der Waals surface area contributed by atoms with Crippen molar-refractivity contribution in [3.63, 3.8) is 0 Å². The van der Waals surface area contributed by atoms with Gasteiger partial charge in [-0.15, -0.1) is 0 Å². The highest BCUT2D eigenvalue weighted by Gasteiger charge is 2.01. The summed E-state index contributed by atoms with van der Waals surface area (Å²) in [6.45, 7) is 1.37. The standard InChI is InChI=1S/C10H14N4OS/c1-16-6-9-3-2-8(15-9)4-11-5-10-12-7-13-14-10/h2-3,7,11H,4-6H2,1H3,(H,12,13,14). The van der Waals surface area contributed by atoms with Crippen LogP contribution in [-0.2, 0) is 18.8 Å². The van der Waals surface area contributed by atoms with Crippen LogP contribution in [0.25, 0.3) is 0 Å². The molecule has 0 fully saturated rings. The van der Waals surface area contributed by atoms with E-state index in [4.69, 9.17) is 4.42 Å². The van der Waals surface area contributed by atoms with E-state index in [0.717, 1.165) is 23.1 Å². The van der Waals surface area contributed by atoms with Gasteiger partial charge in [0.1, 0.15) is 23.7 Å². The van der Waals surface area contributed by atoms with Crippen LogP contribution in [0.2, 0.25) is 0 Å². The smallest absolute Gasteiger partial charge is 0.138 e. The summed E-state index contributed by atoms with van der Waals surface area (Å²) in [5.74, 6) is 3.71. The lowest BCUT2D eigenvalue weighted by Gasteiger charge is -1.99. The van der Waals surface area contributed by atoms with E-state index in [1.807, 2.05) is 12.1 Å². The highest BCUT2D eigenvalue weighted by Crippen LogP contribution is 2.13. The zero-order valence-corrected chi connectivity index (χ0v) is 9.88.